The van der Waals surface area contributed by atoms with Crippen LogP contribution in [0.25, 0.3) is 11.4 Å². The molecule has 2 aromatic rings. The van der Waals surface area contributed by atoms with E-state index >= 15 is 0 Å². The molecule has 0 aliphatic rings. The van der Waals surface area contributed by atoms with Gasteiger partial charge in [0.05, 0.1) is 11.3 Å². The zero-order chi connectivity index (χ0) is 14.2. The van der Waals surface area contributed by atoms with Crippen molar-refractivity contribution in [3.63, 3.8) is 0 Å². The largest absolute Gasteiger partial charge is 0.297 e. The van der Waals surface area contributed by atoms with Crippen molar-refractivity contribution in [2.45, 2.75) is 39.7 Å². The molecule has 0 spiro atoms. The summed E-state index contributed by atoms with van der Waals surface area (Å²) >= 11 is 5.19. The molecule has 2 N–H and O–H groups in total. The zero-order valence-electron chi connectivity index (χ0n) is 11.4. The molecule has 6 nitrogen and oxygen atoms in total. The third kappa shape index (κ3) is 2.51. The van der Waals surface area contributed by atoms with E-state index in [4.69, 9.17) is 12.2 Å². The highest BCUT2D eigenvalue weighted by molar-refractivity contribution is 7.71. The van der Waals surface area contributed by atoms with Crippen LogP contribution in [-0.4, -0.2) is 25.0 Å². The Morgan fingerprint density at radius 2 is 1.89 bits per heavy atom. The minimum Gasteiger partial charge on any atom is -0.297 e. The Labute approximate surface area is 115 Å². The van der Waals surface area contributed by atoms with E-state index in [-0.39, 0.29) is 17.5 Å². The summed E-state index contributed by atoms with van der Waals surface area (Å²) in [4.78, 5) is 12.0. The van der Waals surface area contributed by atoms with Crippen LogP contribution in [0.4, 0.5) is 0 Å². The van der Waals surface area contributed by atoms with Gasteiger partial charge in [-0.3, -0.25) is 14.5 Å². The van der Waals surface area contributed by atoms with E-state index in [2.05, 4.69) is 20.4 Å². The van der Waals surface area contributed by atoms with Gasteiger partial charge in [0.15, 0.2) is 10.6 Å². The van der Waals surface area contributed by atoms with Crippen LogP contribution in [0.5, 0.6) is 0 Å². The average Bonchev–Trinajstić information content (AvgIpc) is 2.71. The molecule has 0 aliphatic carbocycles. The molecular weight excluding hydrogens is 262 g/mol. The van der Waals surface area contributed by atoms with Crippen LogP contribution in [0, 0.1) is 4.77 Å². The number of aromatic nitrogens is 5. The number of aromatic amines is 2. The van der Waals surface area contributed by atoms with E-state index in [1.165, 1.54) is 0 Å². The van der Waals surface area contributed by atoms with E-state index in [1.807, 2.05) is 32.3 Å². The van der Waals surface area contributed by atoms with Gasteiger partial charge >= 0.3 is 0 Å². The lowest BCUT2D eigenvalue weighted by molar-refractivity contribution is 0.596. The smallest absolute Gasteiger partial charge is 0.275 e. The Kier molecular flexibility index (Phi) is 3.66. The van der Waals surface area contributed by atoms with Gasteiger partial charge in [-0.15, -0.1) is 0 Å². The van der Waals surface area contributed by atoms with Crippen LogP contribution in [0.2, 0.25) is 0 Å². The number of nitrogens with one attached hydrogen (secondary N) is 2. The van der Waals surface area contributed by atoms with E-state index in [0.717, 1.165) is 5.69 Å². The molecule has 0 aromatic carbocycles. The summed E-state index contributed by atoms with van der Waals surface area (Å²) in [5.74, 6) is 0.774. The summed E-state index contributed by atoms with van der Waals surface area (Å²) in [5, 5.41) is 13.5. The van der Waals surface area contributed by atoms with Gasteiger partial charge in [-0.05, 0) is 38.0 Å². The van der Waals surface area contributed by atoms with Gasteiger partial charge in [-0.2, -0.15) is 10.2 Å². The topological polar surface area (TPSA) is 79.4 Å². The number of rotatable bonds is 3. The summed E-state index contributed by atoms with van der Waals surface area (Å²) in [5.41, 5.74) is 1.04. The summed E-state index contributed by atoms with van der Waals surface area (Å²) < 4.78 is 2.33. The lowest BCUT2D eigenvalue weighted by atomic mass is 10.1. The maximum absolute atomic E-state index is 12.0. The molecule has 7 heteroatoms. The molecule has 0 atom stereocenters. The van der Waals surface area contributed by atoms with E-state index in [0.29, 0.717) is 16.2 Å². The monoisotopic (exact) mass is 279 g/mol. The normalized spacial score (nSPS) is 11.5. The maximum atomic E-state index is 12.0. The van der Waals surface area contributed by atoms with E-state index in [9.17, 15) is 4.79 Å². The first-order valence-corrected chi connectivity index (χ1v) is 6.59. The van der Waals surface area contributed by atoms with E-state index < -0.39 is 0 Å². The molecule has 0 aliphatic heterocycles. The third-order valence-corrected chi connectivity index (χ3v) is 3.16. The molecule has 19 heavy (non-hydrogen) atoms. The molecule has 0 bridgehead atoms. The van der Waals surface area contributed by atoms with Crippen molar-refractivity contribution in [1.82, 2.24) is 25.0 Å². The number of nitrogens with zero attached hydrogens (tertiary/aromatic N) is 3. The van der Waals surface area contributed by atoms with Crippen molar-refractivity contribution in [2.24, 2.45) is 0 Å². The first-order valence-electron chi connectivity index (χ1n) is 6.18. The first kappa shape index (κ1) is 13.7. The highest BCUT2D eigenvalue weighted by Gasteiger charge is 2.16. The quantitative estimate of drug-likeness (QED) is 0.845. The summed E-state index contributed by atoms with van der Waals surface area (Å²) in [7, 11) is 0. The van der Waals surface area contributed by atoms with Crippen LogP contribution in [0.1, 0.15) is 45.3 Å². The number of hydrogen-bond donors (Lipinski definition) is 2. The van der Waals surface area contributed by atoms with Crippen LogP contribution in [0.3, 0.4) is 0 Å². The lowest BCUT2D eigenvalue weighted by Crippen LogP contribution is -2.16. The minimum absolute atomic E-state index is 0.122. The van der Waals surface area contributed by atoms with Gasteiger partial charge in [0, 0.05) is 6.04 Å². The molecular formula is C12H17N5OS. The van der Waals surface area contributed by atoms with Crippen molar-refractivity contribution in [1.29, 1.82) is 0 Å². The van der Waals surface area contributed by atoms with Gasteiger partial charge in [0.25, 0.3) is 5.56 Å². The second-order valence-electron chi connectivity index (χ2n) is 5.01. The van der Waals surface area contributed by atoms with Gasteiger partial charge in [0.1, 0.15) is 0 Å². The number of H-pyrrole nitrogens is 2. The molecule has 0 fully saturated rings. The fraction of sp³-hybridized carbons (Fsp3) is 0.500. The second kappa shape index (κ2) is 5.08. The van der Waals surface area contributed by atoms with E-state index in [1.54, 1.807) is 6.07 Å². The Bertz CT molecular complexity index is 695. The maximum Gasteiger partial charge on any atom is 0.275 e. The fourth-order valence-corrected chi connectivity index (χ4v) is 2.20. The van der Waals surface area contributed by atoms with Crippen molar-refractivity contribution in [2.75, 3.05) is 0 Å². The molecule has 0 radical (unpaired) electrons. The molecule has 0 unspecified atom stereocenters. The highest BCUT2D eigenvalue weighted by atomic mass is 32.1. The van der Waals surface area contributed by atoms with Crippen molar-refractivity contribution in [3.05, 3.63) is 26.9 Å². The van der Waals surface area contributed by atoms with Crippen LogP contribution in [-0.2, 0) is 0 Å². The average molecular weight is 279 g/mol. The second-order valence-corrected chi connectivity index (χ2v) is 5.39. The van der Waals surface area contributed by atoms with Gasteiger partial charge in [0.2, 0.25) is 0 Å². The molecule has 2 rings (SSSR count). The molecule has 102 valence electrons. The minimum atomic E-state index is -0.264. The predicted molar refractivity (Wildman–Crippen MR) is 75.7 cm³/mol. The van der Waals surface area contributed by atoms with Crippen molar-refractivity contribution < 1.29 is 0 Å². The summed E-state index contributed by atoms with van der Waals surface area (Å²) in [6.45, 7) is 8.02. The van der Waals surface area contributed by atoms with Crippen molar-refractivity contribution >= 4 is 12.2 Å². The van der Waals surface area contributed by atoms with Crippen LogP contribution < -0.4 is 5.56 Å². The van der Waals surface area contributed by atoms with Crippen molar-refractivity contribution in [3.8, 4) is 11.4 Å². The molecule has 2 aromatic heterocycles. The standard InChI is InChI=1S/C12H17N5OS/c1-6(2)9-5-8(11(18)15-13-9)10-14-16-12(19)17(10)7(3)4/h5-7H,1-4H3,(H,15,18)(H,16,19). The SMILES string of the molecule is CC(C)c1cc(-c2n[nH]c(=S)n2C(C)C)c(=O)[nH]n1. The van der Waals surface area contributed by atoms with Gasteiger partial charge in [-0.1, -0.05) is 13.8 Å². The van der Waals surface area contributed by atoms with Gasteiger partial charge < -0.3 is 0 Å². The highest BCUT2D eigenvalue weighted by Crippen LogP contribution is 2.20. The Balaban J connectivity index is 2.69. The third-order valence-electron chi connectivity index (χ3n) is 2.88. The lowest BCUT2D eigenvalue weighted by Gasteiger charge is -2.11. The Morgan fingerprint density at radius 3 is 2.47 bits per heavy atom. The van der Waals surface area contributed by atoms with Gasteiger partial charge in [-0.25, -0.2) is 5.10 Å². The van der Waals surface area contributed by atoms with Crippen LogP contribution >= 0.6 is 12.2 Å². The molecule has 2 heterocycles. The fourth-order valence-electron chi connectivity index (χ4n) is 1.86. The summed E-state index contributed by atoms with van der Waals surface area (Å²) in [6, 6.07) is 1.89. The number of hydrogen-bond acceptors (Lipinski definition) is 4. The van der Waals surface area contributed by atoms with Crippen LogP contribution in [0.15, 0.2) is 10.9 Å². The molecule has 0 amide bonds. The Hall–Kier alpha value is -1.76. The summed E-state index contributed by atoms with van der Waals surface area (Å²) in [6.07, 6.45) is 0. The Morgan fingerprint density at radius 1 is 1.21 bits per heavy atom. The zero-order valence-corrected chi connectivity index (χ0v) is 12.2. The molecule has 0 saturated carbocycles. The first-order chi connectivity index (χ1) is 8.91. The molecule has 0 saturated heterocycles. The predicted octanol–water partition coefficient (Wildman–Crippen LogP) is 2.40.